The van der Waals surface area contributed by atoms with Gasteiger partial charge in [-0.25, -0.2) is 0 Å². The van der Waals surface area contributed by atoms with Crippen molar-refractivity contribution in [2.24, 2.45) is 4.99 Å². The van der Waals surface area contributed by atoms with Crippen LogP contribution in [0, 0.1) is 14.1 Å². The van der Waals surface area contributed by atoms with Crippen molar-refractivity contribution in [2.45, 2.75) is 19.4 Å². The summed E-state index contributed by atoms with van der Waals surface area (Å²) in [6, 6.07) is 53.6. The van der Waals surface area contributed by atoms with Crippen LogP contribution in [0.15, 0.2) is 217 Å². The molecule has 0 amide bonds. The zero-order valence-electron chi connectivity index (χ0n) is 31.1. The molecule has 2 aliphatic heterocycles. The summed E-state index contributed by atoms with van der Waals surface area (Å²) in [4.78, 5) is 10.1. The molecular weight excluding hydrogens is 793 g/mol. The molecule has 3 nitrogen and oxygen atoms in total. The van der Waals surface area contributed by atoms with Crippen molar-refractivity contribution in [2.75, 3.05) is 9.80 Å². The second-order valence-corrected chi connectivity index (χ2v) is 19.4. The van der Waals surface area contributed by atoms with E-state index in [1.807, 2.05) is 0 Å². The summed E-state index contributed by atoms with van der Waals surface area (Å²) in [5, 5.41) is 0. The average molecular weight is 834 g/mol. The van der Waals surface area contributed by atoms with Gasteiger partial charge >= 0.3 is 232 Å². The van der Waals surface area contributed by atoms with Crippen LogP contribution in [0.2, 0.25) is 0 Å². The average Bonchev–Trinajstić information content (AvgIpc) is 3.35. The van der Waals surface area contributed by atoms with Crippen LogP contribution in [0.25, 0.3) is 16.7 Å². The molecule has 270 valence electrons. The van der Waals surface area contributed by atoms with Gasteiger partial charge in [0, 0.05) is 16.9 Å². The molecule has 0 fully saturated rings. The van der Waals surface area contributed by atoms with E-state index < -0.39 is 19.8 Å². The van der Waals surface area contributed by atoms with Gasteiger partial charge < -0.3 is 4.90 Å². The van der Waals surface area contributed by atoms with Gasteiger partial charge in [-0.2, -0.15) is 0 Å². The summed E-state index contributed by atoms with van der Waals surface area (Å²) in [5.74, 6) is 0. The standard InChI is InChI=1S/C52H40IN3/c1-37-14-13-16-42(34-37)53-49-22-11-12-23-50(49)54-52(53)39-26-31-46(32-27-39)55(43-17-7-4-8-18-43)45-29-24-38(25-30-45)40-28-33-51-48(36-40)41-15-9-10-21-47(35-41)56(51)44-19-5-2-3-6-20-44/h2-5,7-36,47H,6H2,1H3. The molecule has 1 atom stereocenters. The number of benzene rings is 6. The Labute approximate surface area is 336 Å². The molecule has 0 radical (unpaired) electrons. The molecule has 0 saturated carbocycles. The molecular formula is C52H40IN3. The monoisotopic (exact) mass is 833 g/mol. The Morgan fingerprint density at radius 1 is 0.643 bits per heavy atom. The van der Waals surface area contributed by atoms with Gasteiger partial charge in [0.05, 0.1) is 6.04 Å². The van der Waals surface area contributed by atoms with Crippen LogP contribution in [0.4, 0.5) is 28.4 Å². The zero-order valence-corrected chi connectivity index (χ0v) is 33.3. The second-order valence-electron chi connectivity index (χ2n) is 14.3. The summed E-state index contributed by atoms with van der Waals surface area (Å²) in [6.07, 6.45) is 23.2. The molecule has 0 N–H and O–H groups in total. The van der Waals surface area contributed by atoms with Crippen LogP contribution in [0.1, 0.15) is 23.1 Å². The van der Waals surface area contributed by atoms with E-state index in [1.165, 1.54) is 55.6 Å². The van der Waals surface area contributed by atoms with E-state index in [-0.39, 0.29) is 6.04 Å². The van der Waals surface area contributed by atoms with Gasteiger partial charge in [0.15, 0.2) is 0 Å². The molecule has 2 aliphatic carbocycles. The third-order valence-corrected chi connectivity index (χ3v) is 16.5. The van der Waals surface area contributed by atoms with E-state index in [4.69, 9.17) is 4.99 Å². The predicted octanol–water partition coefficient (Wildman–Crippen LogP) is 13.9. The second kappa shape index (κ2) is 14.8. The van der Waals surface area contributed by atoms with Crippen LogP contribution in [0.5, 0.6) is 0 Å². The van der Waals surface area contributed by atoms with Gasteiger partial charge in [0.1, 0.15) is 0 Å². The van der Waals surface area contributed by atoms with Crippen LogP contribution in [-0.4, -0.2) is 9.76 Å². The molecule has 10 rings (SSSR count). The minimum atomic E-state index is -1.95. The first-order valence-corrected chi connectivity index (χ1v) is 22.5. The van der Waals surface area contributed by atoms with Crippen molar-refractivity contribution in [1.29, 1.82) is 0 Å². The Morgan fingerprint density at radius 2 is 1.38 bits per heavy atom. The maximum atomic E-state index is 5.27. The SMILES string of the molecule is Cc1cccc(I2C(c3ccc(N(c4ccccc4)c4ccc(-c5ccc6c(c5)C5=CC(C=CC=C5)N6C5=CCC=CC=C5)cc4)cc3)=Nc3ccccc32)c1. The van der Waals surface area contributed by atoms with Crippen molar-refractivity contribution in [3.8, 4) is 11.1 Å². The zero-order chi connectivity index (χ0) is 37.4. The molecule has 0 saturated heterocycles. The fraction of sp³-hybridized carbons (Fsp3) is 0.0577. The Kier molecular flexibility index (Phi) is 9.04. The van der Waals surface area contributed by atoms with Crippen LogP contribution >= 0.6 is 19.8 Å². The Hall–Kier alpha value is -6.24. The number of hydrogen-bond donors (Lipinski definition) is 0. The molecule has 2 heterocycles. The van der Waals surface area contributed by atoms with Crippen LogP contribution in [0.3, 0.4) is 0 Å². The van der Waals surface area contributed by atoms with Gasteiger partial charge in [-0.3, -0.25) is 0 Å². The van der Waals surface area contributed by atoms with Gasteiger partial charge in [-0.05, 0) is 30.2 Å². The number of anilines is 4. The van der Waals surface area contributed by atoms with Crippen molar-refractivity contribution in [3.63, 3.8) is 0 Å². The maximum absolute atomic E-state index is 5.27. The fourth-order valence-corrected chi connectivity index (χ4v) is 14.1. The van der Waals surface area contributed by atoms with E-state index in [0.29, 0.717) is 0 Å². The molecule has 6 aromatic carbocycles. The Morgan fingerprint density at radius 3 is 2.20 bits per heavy atom. The molecule has 6 aromatic rings. The summed E-state index contributed by atoms with van der Waals surface area (Å²) in [6.45, 7) is 2.18. The van der Waals surface area contributed by atoms with E-state index >= 15 is 0 Å². The number of aliphatic imine (C=N–C) groups is 1. The topological polar surface area (TPSA) is 18.8 Å². The molecule has 56 heavy (non-hydrogen) atoms. The number of para-hydroxylation sites is 2. The number of allylic oxidation sites excluding steroid dienone is 9. The quantitative estimate of drug-likeness (QED) is 0.149. The van der Waals surface area contributed by atoms with Crippen molar-refractivity contribution in [3.05, 3.63) is 236 Å². The normalized spacial score (nSPS) is 17.0. The fourth-order valence-electron chi connectivity index (χ4n) is 7.99. The molecule has 0 aromatic heterocycles. The summed E-state index contributed by atoms with van der Waals surface area (Å²) in [7, 11) is 0. The van der Waals surface area contributed by atoms with Gasteiger partial charge in [0.2, 0.25) is 0 Å². The first-order valence-electron chi connectivity index (χ1n) is 19.2. The van der Waals surface area contributed by atoms with E-state index in [1.54, 1.807) is 0 Å². The Balaban J connectivity index is 0.979. The summed E-state index contributed by atoms with van der Waals surface area (Å²) < 4.78 is 4.09. The number of rotatable bonds is 7. The molecule has 4 aliphatic rings. The molecule has 4 heteroatoms. The first-order chi connectivity index (χ1) is 27.7. The van der Waals surface area contributed by atoms with Gasteiger partial charge in [-0.1, -0.05) is 48.6 Å². The number of fused-ring (bicyclic) bond motifs is 4. The third kappa shape index (κ3) is 6.40. The number of nitrogens with zero attached hydrogens (tertiary/aromatic N) is 3. The van der Waals surface area contributed by atoms with Gasteiger partial charge in [0.25, 0.3) is 0 Å². The third-order valence-electron chi connectivity index (χ3n) is 10.7. The van der Waals surface area contributed by atoms with Crippen molar-refractivity contribution in [1.82, 2.24) is 0 Å². The minimum absolute atomic E-state index is 0.170. The van der Waals surface area contributed by atoms with E-state index in [9.17, 15) is 0 Å². The molecule has 1 unspecified atom stereocenters. The molecule has 0 spiro atoms. The number of hydrogen-bond acceptors (Lipinski definition) is 3. The van der Waals surface area contributed by atoms with E-state index in [2.05, 4.69) is 223 Å². The molecule has 2 bridgehead atoms. The number of halogens is 1. The van der Waals surface area contributed by atoms with Gasteiger partial charge in [-0.15, -0.1) is 0 Å². The van der Waals surface area contributed by atoms with E-state index in [0.717, 1.165) is 29.2 Å². The number of aryl methyl sites for hydroxylation is 1. The Bertz CT molecular complexity index is 2680. The first kappa shape index (κ1) is 34.3. The van der Waals surface area contributed by atoms with Crippen LogP contribution < -0.4 is 9.80 Å². The summed E-state index contributed by atoms with van der Waals surface area (Å²) in [5.41, 5.74) is 14.3. The summed E-state index contributed by atoms with van der Waals surface area (Å²) >= 11 is -1.95. The predicted molar refractivity (Wildman–Crippen MR) is 245 cm³/mol. The van der Waals surface area contributed by atoms with Crippen molar-refractivity contribution < 1.29 is 0 Å². The van der Waals surface area contributed by atoms with Crippen molar-refractivity contribution >= 4 is 57.5 Å². The van der Waals surface area contributed by atoms with Crippen LogP contribution in [-0.2, 0) is 0 Å².